The van der Waals surface area contributed by atoms with Crippen molar-refractivity contribution in [3.63, 3.8) is 0 Å². The van der Waals surface area contributed by atoms with E-state index in [-0.39, 0.29) is 30.0 Å². The summed E-state index contributed by atoms with van der Waals surface area (Å²) >= 11 is 9.07. The van der Waals surface area contributed by atoms with E-state index in [1.54, 1.807) is 12.1 Å². The first-order valence-electron chi connectivity index (χ1n) is 9.62. The van der Waals surface area contributed by atoms with E-state index in [1.807, 2.05) is 54.6 Å². The zero-order valence-electron chi connectivity index (χ0n) is 16.3. The molecular formula is C23H18BrN3O3S. The molecule has 3 aromatic carbocycles. The summed E-state index contributed by atoms with van der Waals surface area (Å²) in [6, 6.07) is 23.1. The van der Waals surface area contributed by atoms with Gasteiger partial charge in [0.2, 0.25) is 5.91 Å². The average molecular weight is 496 g/mol. The number of rotatable bonds is 4. The molecule has 0 aromatic heterocycles. The first-order valence-corrected chi connectivity index (χ1v) is 10.8. The molecule has 1 fully saturated rings. The molecule has 2 atom stereocenters. The van der Waals surface area contributed by atoms with Gasteiger partial charge in [-0.2, -0.15) is 0 Å². The van der Waals surface area contributed by atoms with Gasteiger partial charge in [-0.05, 0) is 47.6 Å². The number of anilines is 1. The lowest BCUT2D eigenvalue weighted by molar-refractivity contribution is -0.384. The van der Waals surface area contributed by atoms with Crippen LogP contribution in [0, 0.1) is 10.1 Å². The van der Waals surface area contributed by atoms with Gasteiger partial charge in [-0.1, -0.05) is 58.4 Å². The molecule has 6 nitrogen and oxygen atoms in total. The van der Waals surface area contributed by atoms with Gasteiger partial charge in [-0.15, -0.1) is 0 Å². The number of nitrogens with one attached hydrogen (secondary N) is 1. The molecule has 0 spiro atoms. The van der Waals surface area contributed by atoms with Crippen LogP contribution in [0.15, 0.2) is 83.3 Å². The first-order chi connectivity index (χ1) is 14.9. The molecule has 0 unspecified atom stereocenters. The lowest BCUT2D eigenvalue weighted by atomic mass is 9.84. The number of hydrogen-bond donors (Lipinski definition) is 1. The van der Waals surface area contributed by atoms with Crippen molar-refractivity contribution >= 4 is 50.5 Å². The minimum Gasteiger partial charge on any atom is -0.354 e. The molecule has 8 heteroatoms. The van der Waals surface area contributed by atoms with Gasteiger partial charge in [-0.25, -0.2) is 0 Å². The maximum atomic E-state index is 13.3. The lowest BCUT2D eigenvalue weighted by Gasteiger charge is -2.27. The number of amides is 1. The Labute approximate surface area is 193 Å². The van der Waals surface area contributed by atoms with E-state index in [9.17, 15) is 14.9 Å². The predicted molar refractivity (Wildman–Crippen MR) is 127 cm³/mol. The second-order valence-corrected chi connectivity index (χ2v) is 8.51. The van der Waals surface area contributed by atoms with E-state index >= 15 is 0 Å². The number of para-hydroxylation sites is 1. The average Bonchev–Trinajstić information content (AvgIpc) is 2.90. The summed E-state index contributed by atoms with van der Waals surface area (Å²) < 4.78 is 0.942. The quantitative estimate of drug-likeness (QED) is 0.294. The summed E-state index contributed by atoms with van der Waals surface area (Å²) in [5.74, 6) is -0.324. The Bertz CT molecular complexity index is 1120. The zero-order chi connectivity index (χ0) is 22.0. The van der Waals surface area contributed by atoms with Crippen molar-refractivity contribution in [3.05, 3.63) is 105 Å². The number of thiocarbonyl (C=S) groups is 1. The Hall–Kier alpha value is -3.10. The summed E-state index contributed by atoms with van der Waals surface area (Å²) in [6.07, 6.45) is 0.228. The number of halogens is 1. The maximum Gasteiger partial charge on any atom is 0.269 e. The summed E-state index contributed by atoms with van der Waals surface area (Å²) in [6.45, 7) is 0. The van der Waals surface area contributed by atoms with E-state index in [4.69, 9.17) is 12.2 Å². The minimum atomic E-state index is -0.429. The highest BCUT2D eigenvalue weighted by Crippen LogP contribution is 2.38. The van der Waals surface area contributed by atoms with E-state index in [2.05, 4.69) is 21.2 Å². The van der Waals surface area contributed by atoms with Crippen LogP contribution in [0.25, 0.3) is 0 Å². The van der Waals surface area contributed by atoms with Gasteiger partial charge < -0.3 is 5.32 Å². The molecule has 0 bridgehead atoms. The maximum absolute atomic E-state index is 13.3. The largest absolute Gasteiger partial charge is 0.354 e. The van der Waals surface area contributed by atoms with Gasteiger partial charge in [0.15, 0.2) is 5.11 Å². The topological polar surface area (TPSA) is 75.5 Å². The zero-order valence-corrected chi connectivity index (χ0v) is 18.7. The Morgan fingerprint density at radius 1 is 0.968 bits per heavy atom. The van der Waals surface area contributed by atoms with Crippen LogP contribution < -0.4 is 10.2 Å². The highest BCUT2D eigenvalue weighted by molar-refractivity contribution is 9.10. The summed E-state index contributed by atoms with van der Waals surface area (Å²) in [4.78, 5) is 25.5. The third kappa shape index (κ3) is 4.50. The van der Waals surface area contributed by atoms with Crippen LogP contribution in [-0.2, 0) is 4.79 Å². The smallest absolute Gasteiger partial charge is 0.269 e. The Morgan fingerprint density at radius 3 is 2.19 bits per heavy atom. The number of nitro benzene ring substituents is 1. The third-order valence-electron chi connectivity index (χ3n) is 5.30. The Balaban J connectivity index is 1.77. The van der Waals surface area contributed by atoms with Gasteiger partial charge >= 0.3 is 0 Å². The minimum absolute atomic E-state index is 0.0159. The molecule has 1 aliphatic rings. The number of carbonyl (C=O) groups is 1. The summed E-state index contributed by atoms with van der Waals surface area (Å²) in [5, 5.41) is 14.7. The molecule has 1 amide bonds. The summed E-state index contributed by atoms with van der Waals surface area (Å²) in [7, 11) is 0. The molecule has 1 aliphatic heterocycles. The molecular weight excluding hydrogens is 478 g/mol. The van der Waals surface area contributed by atoms with E-state index in [0.717, 1.165) is 15.6 Å². The number of carbonyl (C=O) groups excluding carboxylic acids is 1. The SMILES string of the molecule is O=C1C[C@H](c2ccc(Br)cc2)[C@@H](c2ccc([N+](=O)[O-])cc2)NC(=S)N1c1ccccc1. The van der Waals surface area contributed by atoms with Crippen LogP contribution in [0.1, 0.15) is 29.5 Å². The van der Waals surface area contributed by atoms with E-state index in [1.165, 1.54) is 17.0 Å². The highest BCUT2D eigenvalue weighted by atomic mass is 79.9. The number of nitrogens with zero attached hydrogens (tertiary/aromatic N) is 2. The molecule has 1 saturated heterocycles. The first kappa shape index (κ1) is 21.1. The number of nitro groups is 1. The van der Waals surface area contributed by atoms with Crippen LogP contribution in [0.3, 0.4) is 0 Å². The van der Waals surface area contributed by atoms with Crippen LogP contribution in [0.2, 0.25) is 0 Å². The number of non-ortho nitro benzene ring substituents is 1. The van der Waals surface area contributed by atoms with Gasteiger partial charge in [0.05, 0.1) is 16.7 Å². The van der Waals surface area contributed by atoms with Crippen LogP contribution in [-0.4, -0.2) is 15.9 Å². The van der Waals surface area contributed by atoms with Crippen molar-refractivity contribution in [2.24, 2.45) is 0 Å². The van der Waals surface area contributed by atoms with Gasteiger partial charge in [0.1, 0.15) is 0 Å². The molecule has 3 aromatic rings. The van der Waals surface area contributed by atoms with E-state index < -0.39 is 4.92 Å². The second-order valence-electron chi connectivity index (χ2n) is 7.20. The Morgan fingerprint density at radius 2 is 1.58 bits per heavy atom. The van der Waals surface area contributed by atoms with Crippen molar-refractivity contribution in [1.29, 1.82) is 0 Å². The fourth-order valence-electron chi connectivity index (χ4n) is 3.79. The third-order valence-corrected chi connectivity index (χ3v) is 6.13. The molecule has 1 heterocycles. The molecule has 0 aliphatic carbocycles. The van der Waals surface area contributed by atoms with Gasteiger partial charge in [0, 0.05) is 28.9 Å². The van der Waals surface area contributed by atoms with Crippen molar-refractivity contribution in [2.45, 2.75) is 18.4 Å². The van der Waals surface area contributed by atoms with Crippen LogP contribution >= 0.6 is 28.1 Å². The molecule has 4 rings (SSSR count). The molecule has 156 valence electrons. The normalized spacial score (nSPS) is 18.9. The second kappa shape index (κ2) is 8.95. The van der Waals surface area contributed by atoms with Gasteiger partial charge in [-0.3, -0.25) is 19.8 Å². The number of hydrogen-bond acceptors (Lipinski definition) is 4. The fraction of sp³-hybridized carbons (Fsp3) is 0.130. The standard InChI is InChI=1S/C23H18BrN3O3S/c24-17-10-6-15(7-11-17)20-14-21(28)26(18-4-2-1-3-5-18)23(31)25-22(20)16-8-12-19(13-9-16)27(29)30/h1-13,20,22H,14H2,(H,25,31)/t20-,22-/m1/s1. The van der Waals surface area contributed by atoms with Crippen molar-refractivity contribution in [2.75, 3.05) is 4.90 Å². The molecule has 31 heavy (non-hydrogen) atoms. The van der Waals surface area contributed by atoms with Crippen LogP contribution in [0.4, 0.5) is 11.4 Å². The molecule has 0 radical (unpaired) electrons. The van der Waals surface area contributed by atoms with Crippen molar-refractivity contribution in [3.8, 4) is 0 Å². The van der Waals surface area contributed by atoms with Gasteiger partial charge in [0.25, 0.3) is 5.69 Å². The monoisotopic (exact) mass is 495 g/mol. The summed E-state index contributed by atoms with van der Waals surface area (Å²) in [5.41, 5.74) is 2.51. The predicted octanol–water partition coefficient (Wildman–Crippen LogP) is 5.49. The molecule has 0 saturated carbocycles. The highest BCUT2D eigenvalue weighted by Gasteiger charge is 2.36. The fourth-order valence-corrected chi connectivity index (χ4v) is 4.38. The van der Waals surface area contributed by atoms with E-state index in [0.29, 0.717) is 10.8 Å². The number of benzene rings is 3. The molecule has 1 N–H and O–H groups in total. The lowest BCUT2D eigenvalue weighted by Crippen LogP contribution is -2.42. The van der Waals surface area contributed by atoms with Crippen molar-refractivity contribution in [1.82, 2.24) is 5.32 Å². The van der Waals surface area contributed by atoms with Crippen LogP contribution in [0.5, 0.6) is 0 Å². The van der Waals surface area contributed by atoms with Crippen molar-refractivity contribution < 1.29 is 9.72 Å². The Kier molecular flexibility index (Phi) is 6.11.